The van der Waals surface area contributed by atoms with Crippen LogP contribution in [0.4, 0.5) is 0 Å². The van der Waals surface area contributed by atoms with Crippen molar-refractivity contribution in [3.05, 3.63) is 23.0 Å². The Morgan fingerprint density at radius 2 is 1.96 bits per heavy atom. The molecule has 3 rings (SSSR count). The SMILES string of the molecule is CC(=O)N(C)C1CCN(C(=O)c2cc(C)nc3onc(C)c23)CC1. The molecule has 0 aromatic carbocycles. The van der Waals surface area contributed by atoms with Crippen LogP contribution in [0, 0.1) is 13.8 Å². The van der Waals surface area contributed by atoms with Crippen LogP contribution in [0.1, 0.15) is 41.5 Å². The molecule has 7 heteroatoms. The van der Waals surface area contributed by atoms with Gasteiger partial charge in [0.25, 0.3) is 11.6 Å². The number of nitrogens with zero attached hydrogens (tertiary/aromatic N) is 4. The van der Waals surface area contributed by atoms with Crippen LogP contribution < -0.4 is 0 Å². The van der Waals surface area contributed by atoms with Gasteiger partial charge in [0.05, 0.1) is 16.6 Å². The van der Waals surface area contributed by atoms with Crippen molar-refractivity contribution in [2.24, 2.45) is 0 Å². The molecule has 128 valence electrons. The summed E-state index contributed by atoms with van der Waals surface area (Å²) in [6, 6.07) is 1.99. The summed E-state index contributed by atoms with van der Waals surface area (Å²) in [5, 5.41) is 4.62. The van der Waals surface area contributed by atoms with Gasteiger partial charge >= 0.3 is 0 Å². The highest BCUT2D eigenvalue weighted by Crippen LogP contribution is 2.25. The van der Waals surface area contributed by atoms with Crippen molar-refractivity contribution in [1.29, 1.82) is 0 Å². The predicted octanol–water partition coefficient (Wildman–Crippen LogP) is 1.92. The third-order valence-corrected chi connectivity index (χ3v) is 4.77. The fraction of sp³-hybridized carbons (Fsp3) is 0.529. The molecule has 0 radical (unpaired) electrons. The van der Waals surface area contributed by atoms with Gasteiger partial charge in [0.15, 0.2) is 0 Å². The van der Waals surface area contributed by atoms with Crippen LogP contribution in [0.3, 0.4) is 0 Å². The average Bonchev–Trinajstić information content (AvgIpc) is 2.93. The molecule has 0 N–H and O–H groups in total. The Morgan fingerprint density at radius 3 is 2.58 bits per heavy atom. The Balaban J connectivity index is 1.81. The van der Waals surface area contributed by atoms with Crippen LogP contribution in [0.5, 0.6) is 0 Å². The summed E-state index contributed by atoms with van der Waals surface area (Å²) >= 11 is 0. The van der Waals surface area contributed by atoms with E-state index in [1.54, 1.807) is 17.9 Å². The highest BCUT2D eigenvalue weighted by molar-refractivity contribution is 6.06. The van der Waals surface area contributed by atoms with E-state index >= 15 is 0 Å². The lowest BCUT2D eigenvalue weighted by molar-refractivity contribution is -0.130. The Labute approximate surface area is 140 Å². The van der Waals surface area contributed by atoms with Crippen LogP contribution in [0.2, 0.25) is 0 Å². The minimum absolute atomic E-state index is 0.0271. The van der Waals surface area contributed by atoms with Gasteiger partial charge in [0, 0.05) is 38.8 Å². The van der Waals surface area contributed by atoms with Gasteiger partial charge in [-0.3, -0.25) is 9.59 Å². The van der Waals surface area contributed by atoms with E-state index in [0.29, 0.717) is 35.4 Å². The van der Waals surface area contributed by atoms with Crippen LogP contribution in [-0.4, -0.2) is 57.9 Å². The number of aryl methyl sites for hydroxylation is 2. The number of fused-ring (bicyclic) bond motifs is 1. The number of likely N-dealkylation sites (tertiary alicyclic amines) is 1. The zero-order valence-electron chi connectivity index (χ0n) is 14.5. The second-order valence-electron chi connectivity index (χ2n) is 6.41. The van der Waals surface area contributed by atoms with Crippen molar-refractivity contribution in [2.75, 3.05) is 20.1 Å². The monoisotopic (exact) mass is 330 g/mol. The summed E-state index contributed by atoms with van der Waals surface area (Å²) in [7, 11) is 1.82. The van der Waals surface area contributed by atoms with Crippen LogP contribution in [-0.2, 0) is 4.79 Å². The smallest absolute Gasteiger partial charge is 0.258 e. The van der Waals surface area contributed by atoms with E-state index in [0.717, 1.165) is 18.5 Å². The lowest BCUT2D eigenvalue weighted by Gasteiger charge is -2.36. The Kier molecular flexibility index (Phi) is 4.26. The summed E-state index contributed by atoms with van der Waals surface area (Å²) in [4.78, 5) is 32.4. The fourth-order valence-electron chi connectivity index (χ4n) is 3.27. The Hall–Kier alpha value is -2.44. The third kappa shape index (κ3) is 2.86. The van der Waals surface area contributed by atoms with Crippen molar-refractivity contribution in [2.45, 2.75) is 39.7 Å². The number of carbonyl (C=O) groups is 2. The van der Waals surface area contributed by atoms with Crippen LogP contribution in [0.25, 0.3) is 11.1 Å². The molecule has 0 atom stereocenters. The molecule has 1 saturated heterocycles. The minimum atomic E-state index is -0.0271. The highest BCUT2D eigenvalue weighted by atomic mass is 16.5. The van der Waals surface area contributed by atoms with Crippen molar-refractivity contribution in [3.8, 4) is 0 Å². The molecule has 3 heterocycles. The molecule has 1 aliphatic rings. The zero-order valence-corrected chi connectivity index (χ0v) is 14.5. The first-order valence-electron chi connectivity index (χ1n) is 8.14. The molecule has 0 unspecified atom stereocenters. The Morgan fingerprint density at radius 1 is 1.29 bits per heavy atom. The number of hydrogen-bond donors (Lipinski definition) is 0. The summed E-state index contributed by atoms with van der Waals surface area (Å²) in [5.74, 6) is 0.0343. The lowest BCUT2D eigenvalue weighted by atomic mass is 10.0. The first-order chi connectivity index (χ1) is 11.4. The zero-order chi connectivity index (χ0) is 17.4. The van der Waals surface area contributed by atoms with E-state index in [-0.39, 0.29) is 17.9 Å². The van der Waals surface area contributed by atoms with E-state index < -0.39 is 0 Å². The molecule has 0 saturated carbocycles. The van der Waals surface area contributed by atoms with Gasteiger partial charge < -0.3 is 14.3 Å². The normalized spacial score (nSPS) is 15.8. The molecule has 0 spiro atoms. The van der Waals surface area contributed by atoms with Crippen molar-refractivity contribution in [1.82, 2.24) is 19.9 Å². The van der Waals surface area contributed by atoms with E-state index in [9.17, 15) is 9.59 Å². The quantitative estimate of drug-likeness (QED) is 0.840. The number of pyridine rings is 1. The minimum Gasteiger partial charge on any atom is -0.343 e. The molecular formula is C17H22N4O3. The molecule has 24 heavy (non-hydrogen) atoms. The van der Waals surface area contributed by atoms with Crippen LogP contribution in [0.15, 0.2) is 10.6 Å². The Bertz CT molecular complexity index is 790. The molecule has 2 amide bonds. The molecule has 7 nitrogen and oxygen atoms in total. The van der Waals surface area contributed by atoms with E-state index in [2.05, 4.69) is 10.1 Å². The first kappa shape index (κ1) is 16.4. The van der Waals surface area contributed by atoms with Gasteiger partial charge in [-0.05, 0) is 32.8 Å². The number of amides is 2. The molecule has 2 aromatic rings. The molecular weight excluding hydrogens is 308 g/mol. The van der Waals surface area contributed by atoms with Gasteiger partial charge in [0.2, 0.25) is 5.91 Å². The van der Waals surface area contributed by atoms with Gasteiger partial charge in [-0.25, -0.2) is 4.98 Å². The second-order valence-corrected chi connectivity index (χ2v) is 6.41. The number of aromatic nitrogens is 2. The second kappa shape index (κ2) is 6.22. The number of hydrogen-bond acceptors (Lipinski definition) is 5. The lowest BCUT2D eigenvalue weighted by Crippen LogP contribution is -2.46. The fourth-order valence-corrected chi connectivity index (χ4v) is 3.27. The highest BCUT2D eigenvalue weighted by Gasteiger charge is 2.28. The summed E-state index contributed by atoms with van der Waals surface area (Å²) < 4.78 is 5.21. The summed E-state index contributed by atoms with van der Waals surface area (Å²) in [6.45, 7) is 6.49. The van der Waals surface area contributed by atoms with Gasteiger partial charge in [0.1, 0.15) is 0 Å². The van der Waals surface area contributed by atoms with Gasteiger partial charge in [-0.15, -0.1) is 0 Å². The number of piperidine rings is 1. The maximum atomic E-state index is 13.0. The number of rotatable bonds is 2. The third-order valence-electron chi connectivity index (χ3n) is 4.77. The van der Waals surface area contributed by atoms with Gasteiger partial charge in [-0.1, -0.05) is 5.16 Å². The topological polar surface area (TPSA) is 79.5 Å². The molecule has 0 aliphatic carbocycles. The van der Waals surface area contributed by atoms with E-state index in [1.807, 2.05) is 25.8 Å². The standard InChI is InChI=1S/C17H22N4O3/c1-10-9-14(15-11(2)19-24-16(15)18-10)17(23)21-7-5-13(6-8-21)20(4)12(3)22/h9,13H,5-8H2,1-4H3. The maximum Gasteiger partial charge on any atom is 0.258 e. The van der Waals surface area contributed by atoms with Crippen molar-refractivity contribution in [3.63, 3.8) is 0 Å². The maximum absolute atomic E-state index is 13.0. The predicted molar refractivity (Wildman–Crippen MR) is 88.6 cm³/mol. The number of carbonyl (C=O) groups excluding carboxylic acids is 2. The molecule has 1 fully saturated rings. The van der Waals surface area contributed by atoms with E-state index in [4.69, 9.17) is 4.52 Å². The van der Waals surface area contributed by atoms with Crippen LogP contribution >= 0.6 is 0 Å². The first-order valence-corrected chi connectivity index (χ1v) is 8.14. The van der Waals surface area contributed by atoms with Crippen molar-refractivity contribution < 1.29 is 14.1 Å². The summed E-state index contributed by atoms with van der Waals surface area (Å²) in [5.41, 5.74) is 2.40. The largest absolute Gasteiger partial charge is 0.343 e. The van der Waals surface area contributed by atoms with Crippen molar-refractivity contribution >= 4 is 22.9 Å². The molecule has 2 aromatic heterocycles. The van der Waals surface area contributed by atoms with E-state index in [1.165, 1.54) is 0 Å². The molecule has 1 aliphatic heterocycles. The molecule has 0 bridgehead atoms. The van der Waals surface area contributed by atoms with Gasteiger partial charge in [-0.2, -0.15) is 0 Å². The summed E-state index contributed by atoms with van der Waals surface area (Å²) in [6.07, 6.45) is 1.58. The average molecular weight is 330 g/mol.